The molecule has 1 atom stereocenters. The molecule has 0 spiro atoms. The third kappa shape index (κ3) is 4.84. The van der Waals surface area contributed by atoms with E-state index in [-0.39, 0.29) is 35.1 Å². The summed E-state index contributed by atoms with van der Waals surface area (Å²) in [6.07, 6.45) is 2.01. The van der Waals surface area contributed by atoms with Crippen LogP contribution >= 0.6 is 0 Å². The van der Waals surface area contributed by atoms with Crippen molar-refractivity contribution in [2.24, 2.45) is 5.92 Å². The fraction of sp³-hybridized carbons (Fsp3) is 0.286. The molecule has 150 valence electrons. The first-order valence-corrected chi connectivity index (χ1v) is 9.33. The maximum atomic E-state index is 12.7. The molecule has 0 aliphatic carbocycles. The zero-order valence-electron chi connectivity index (χ0n) is 16.2. The quantitative estimate of drug-likeness (QED) is 0.489. The fourth-order valence-electron chi connectivity index (χ4n) is 3.20. The zero-order valence-corrected chi connectivity index (χ0v) is 16.2. The number of non-ortho nitro benzene ring substituents is 1. The van der Waals surface area contributed by atoms with Crippen LogP contribution in [-0.2, 0) is 11.3 Å². The number of nitro groups is 1. The van der Waals surface area contributed by atoms with Gasteiger partial charge in [-0.25, -0.2) is 4.98 Å². The van der Waals surface area contributed by atoms with Gasteiger partial charge in [0, 0.05) is 12.1 Å². The van der Waals surface area contributed by atoms with Gasteiger partial charge in [-0.2, -0.15) is 0 Å². The number of aromatic nitrogens is 2. The minimum absolute atomic E-state index is 0.140. The van der Waals surface area contributed by atoms with E-state index >= 15 is 0 Å². The predicted molar refractivity (Wildman–Crippen MR) is 109 cm³/mol. The van der Waals surface area contributed by atoms with Gasteiger partial charge in [-0.3, -0.25) is 24.3 Å². The summed E-state index contributed by atoms with van der Waals surface area (Å²) in [5.74, 6) is 0.0750. The van der Waals surface area contributed by atoms with Crippen LogP contribution in [0.3, 0.4) is 0 Å². The van der Waals surface area contributed by atoms with Crippen molar-refractivity contribution in [3.8, 4) is 0 Å². The molecule has 0 saturated heterocycles. The largest absolute Gasteiger partial charge is 0.348 e. The molecule has 1 N–H and O–H groups in total. The number of nitro benzene ring substituents is 1. The normalized spacial score (nSPS) is 12.1. The number of carbonyl (C=O) groups excluding carboxylic acids is 1. The van der Waals surface area contributed by atoms with E-state index in [1.807, 2.05) is 30.3 Å². The van der Waals surface area contributed by atoms with Crippen molar-refractivity contribution in [2.45, 2.75) is 32.9 Å². The third-order valence-electron chi connectivity index (χ3n) is 4.58. The molecule has 1 aromatic heterocycles. The van der Waals surface area contributed by atoms with Crippen molar-refractivity contribution >= 4 is 22.5 Å². The molecule has 0 fully saturated rings. The lowest BCUT2D eigenvalue weighted by Gasteiger charge is -2.21. The molecule has 0 radical (unpaired) electrons. The second kappa shape index (κ2) is 8.64. The Morgan fingerprint density at radius 3 is 2.59 bits per heavy atom. The van der Waals surface area contributed by atoms with E-state index in [2.05, 4.69) is 24.1 Å². The Labute approximate surface area is 167 Å². The number of hydrogen-bond acceptors (Lipinski definition) is 5. The molecule has 1 amide bonds. The van der Waals surface area contributed by atoms with Crippen LogP contribution in [0.5, 0.6) is 0 Å². The lowest BCUT2D eigenvalue weighted by atomic mass is 9.97. The van der Waals surface area contributed by atoms with Crippen LogP contribution in [0.25, 0.3) is 10.9 Å². The molecular formula is C21H22N4O4. The maximum Gasteiger partial charge on any atom is 0.271 e. The van der Waals surface area contributed by atoms with Gasteiger partial charge in [-0.15, -0.1) is 0 Å². The number of carbonyl (C=O) groups is 1. The highest BCUT2D eigenvalue weighted by molar-refractivity contribution is 5.80. The summed E-state index contributed by atoms with van der Waals surface area (Å²) in [5, 5.41) is 14.1. The van der Waals surface area contributed by atoms with Crippen molar-refractivity contribution in [1.82, 2.24) is 14.9 Å². The lowest BCUT2D eigenvalue weighted by Crippen LogP contribution is -2.35. The number of nitrogens with one attached hydrogen (secondary N) is 1. The Hall–Kier alpha value is -3.55. The molecule has 1 heterocycles. The van der Waals surface area contributed by atoms with E-state index in [1.165, 1.54) is 29.1 Å². The van der Waals surface area contributed by atoms with Crippen molar-refractivity contribution in [1.29, 1.82) is 0 Å². The number of rotatable bonds is 7. The number of amides is 1. The minimum atomic E-state index is -0.543. The monoisotopic (exact) mass is 394 g/mol. The van der Waals surface area contributed by atoms with Crippen LogP contribution in [0.4, 0.5) is 5.69 Å². The summed E-state index contributed by atoms with van der Waals surface area (Å²) in [6.45, 7) is 3.98. The van der Waals surface area contributed by atoms with E-state index in [4.69, 9.17) is 0 Å². The van der Waals surface area contributed by atoms with Crippen LogP contribution in [0.15, 0.2) is 59.7 Å². The van der Waals surface area contributed by atoms with Crippen molar-refractivity contribution in [3.05, 3.63) is 80.9 Å². The van der Waals surface area contributed by atoms with Crippen molar-refractivity contribution in [2.75, 3.05) is 0 Å². The van der Waals surface area contributed by atoms with Crippen molar-refractivity contribution < 1.29 is 9.72 Å². The zero-order chi connectivity index (χ0) is 21.0. The van der Waals surface area contributed by atoms with Gasteiger partial charge in [0.15, 0.2) is 0 Å². The van der Waals surface area contributed by atoms with Crippen LogP contribution < -0.4 is 10.9 Å². The molecule has 3 aromatic rings. The molecule has 0 bridgehead atoms. The SMILES string of the molecule is CC(C)CC(NC(=O)Cn1cnc2cc([N+](=O)[O-])ccc2c1=O)c1ccccc1. The highest BCUT2D eigenvalue weighted by atomic mass is 16.6. The van der Waals surface area contributed by atoms with Gasteiger partial charge in [0.2, 0.25) is 5.91 Å². The summed E-state index contributed by atoms with van der Waals surface area (Å²) in [6, 6.07) is 13.4. The molecule has 3 rings (SSSR count). The summed E-state index contributed by atoms with van der Waals surface area (Å²) in [4.78, 5) is 39.7. The number of fused-ring (bicyclic) bond motifs is 1. The van der Waals surface area contributed by atoms with Crippen LogP contribution in [0, 0.1) is 16.0 Å². The molecule has 0 aliphatic rings. The Bertz CT molecular complexity index is 1090. The van der Waals surface area contributed by atoms with E-state index in [1.54, 1.807) is 0 Å². The van der Waals surface area contributed by atoms with E-state index in [9.17, 15) is 19.7 Å². The van der Waals surface area contributed by atoms with E-state index < -0.39 is 10.5 Å². The molecule has 1 unspecified atom stereocenters. The summed E-state index contributed by atoms with van der Waals surface area (Å²) >= 11 is 0. The molecule has 0 saturated carbocycles. The summed E-state index contributed by atoms with van der Waals surface area (Å²) in [5.41, 5.74) is 0.674. The highest BCUT2D eigenvalue weighted by Gasteiger charge is 2.17. The Morgan fingerprint density at radius 1 is 1.21 bits per heavy atom. The molecule has 2 aromatic carbocycles. The van der Waals surface area contributed by atoms with Gasteiger partial charge >= 0.3 is 0 Å². The van der Waals surface area contributed by atoms with Crippen LogP contribution in [0.1, 0.15) is 31.9 Å². The van der Waals surface area contributed by atoms with Gasteiger partial charge in [0.25, 0.3) is 11.2 Å². The second-order valence-corrected chi connectivity index (χ2v) is 7.30. The Balaban J connectivity index is 1.81. The smallest absolute Gasteiger partial charge is 0.271 e. The van der Waals surface area contributed by atoms with Gasteiger partial charge in [0.1, 0.15) is 6.54 Å². The maximum absolute atomic E-state index is 12.7. The number of nitrogens with zero attached hydrogens (tertiary/aromatic N) is 3. The van der Waals surface area contributed by atoms with Crippen LogP contribution in [-0.4, -0.2) is 20.4 Å². The standard InChI is InChI=1S/C21H22N4O4/c1-14(2)10-18(15-6-4-3-5-7-15)23-20(26)12-24-13-22-19-11-16(25(28)29)8-9-17(19)21(24)27/h3-9,11,13-14,18H,10,12H2,1-2H3,(H,23,26). The summed E-state index contributed by atoms with van der Waals surface area (Å²) < 4.78 is 1.21. The van der Waals surface area contributed by atoms with Crippen molar-refractivity contribution in [3.63, 3.8) is 0 Å². The van der Waals surface area contributed by atoms with Crippen LogP contribution in [0.2, 0.25) is 0 Å². The Morgan fingerprint density at radius 2 is 1.93 bits per heavy atom. The molecule has 29 heavy (non-hydrogen) atoms. The highest BCUT2D eigenvalue weighted by Crippen LogP contribution is 2.21. The summed E-state index contributed by atoms with van der Waals surface area (Å²) in [7, 11) is 0. The first-order chi connectivity index (χ1) is 13.8. The Kier molecular flexibility index (Phi) is 6.01. The first-order valence-electron chi connectivity index (χ1n) is 9.33. The first kappa shape index (κ1) is 20.2. The van der Waals surface area contributed by atoms with E-state index in [0.717, 1.165) is 12.0 Å². The average molecular weight is 394 g/mol. The second-order valence-electron chi connectivity index (χ2n) is 7.30. The van der Waals surface area contributed by atoms with Gasteiger partial charge in [0.05, 0.1) is 28.2 Å². The molecular weight excluding hydrogens is 372 g/mol. The van der Waals surface area contributed by atoms with E-state index in [0.29, 0.717) is 5.92 Å². The van der Waals surface area contributed by atoms with Gasteiger partial charge in [-0.05, 0) is 24.0 Å². The topological polar surface area (TPSA) is 107 Å². The van der Waals surface area contributed by atoms with Gasteiger partial charge < -0.3 is 5.32 Å². The predicted octanol–water partition coefficient (Wildman–Crippen LogP) is 3.21. The lowest BCUT2D eigenvalue weighted by molar-refractivity contribution is -0.384. The molecule has 8 nitrogen and oxygen atoms in total. The number of benzene rings is 2. The average Bonchev–Trinajstić information content (AvgIpc) is 2.69. The molecule has 8 heteroatoms. The fourth-order valence-corrected chi connectivity index (χ4v) is 3.20. The molecule has 0 aliphatic heterocycles. The third-order valence-corrected chi connectivity index (χ3v) is 4.58. The minimum Gasteiger partial charge on any atom is -0.348 e. The van der Waals surface area contributed by atoms with Gasteiger partial charge in [-0.1, -0.05) is 44.2 Å². The number of hydrogen-bond donors (Lipinski definition) is 1.